The van der Waals surface area contributed by atoms with Crippen LogP contribution in [0.4, 0.5) is 0 Å². The van der Waals surface area contributed by atoms with Crippen LogP contribution in [-0.4, -0.2) is 46.5 Å². The first-order chi connectivity index (χ1) is 11.6. The summed E-state index contributed by atoms with van der Waals surface area (Å²) in [7, 11) is 0. The largest absolute Gasteiger partial charge is 0.286 e. The number of hydroxylamine groups is 2. The Morgan fingerprint density at radius 1 is 1.38 bits per heavy atom. The van der Waals surface area contributed by atoms with Crippen molar-refractivity contribution >= 4 is 18.2 Å². The van der Waals surface area contributed by atoms with Crippen LogP contribution in [0, 0.1) is 11.8 Å². The van der Waals surface area contributed by atoms with Crippen LogP contribution in [0.2, 0.25) is 0 Å². The fourth-order valence-electron chi connectivity index (χ4n) is 3.17. The molecule has 1 aliphatic rings. The van der Waals surface area contributed by atoms with Gasteiger partial charge in [0.1, 0.15) is 0 Å². The van der Waals surface area contributed by atoms with Gasteiger partial charge >= 0.3 is 0 Å². The summed E-state index contributed by atoms with van der Waals surface area (Å²) in [5.74, 6) is -1.07. The third kappa shape index (κ3) is 4.41. The van der Waals surface area contributed by atoms with Gasteiger partial charge in [0.2, 0.25) is 18.2 Å². The lowest BCUT2D eigenvalue weighted by molar-refractivity contribution is -0.156. The van der Waals surface area contributed by atoms with Crippen molar-refractivity contribution in [3.05, 3.63) is 35.9 Å². The lowest BCUT2D eigenvalue weighted by Gasteiger charge is -2.18. The number of carbonyl (C=O) groups excluding carboxylic acids is 3. The number of likely N-dealkylation sites (tertiary alicyclic amines) is 1. The first kappa shape index (κ1) is 18.1. The van der Waals surface area contributed by atoms with Gasteiger partial charge in [0.25, 0.3) is 0 Å². The number of nitrogens with zero attached hydrogens (tertiary/aromatic N) is 2. The van der Waals surface area contributed by atoms with E-state index in [-0.39, 0.29) is 30.7 Å². The van der Waals surface area contributed by atoms with Crippen LogP contribution in [-0.2, 0) is 20.8 Å². The summed E-state index contributed by atoms with van der Waals surface area (Å²) in [5.41, 5.74) is 0.862. The molecule has 0 bridgehead atoms. The van der Waals surface area contributed by atoms with E-state index in [9.17, 15) is 19.6 Å². The quantitative estimate of drug-likeness (QED) is 0.448. The highest BCUT2D eigenvalue weighted by atomic mass is 16.5. The van der Waals surface area contributed by atoms with Gasteiger partial charge in [-0.3, -0.25) is 24.5 Å². The number of amides is 3. The second kappa shape index (κ2) is 8.59. The molecule has 130 valence electrons. The third-order valence-corrected chi connectivity index (χ3v) is 4.50. The zero-order valence-electron chi connectivity index (χ0n) is 13.9. The molecule has 0 saturated carbocycles. The summed E-state index contributed by atoms with van der Waals surface area (Å²) in [6.45, 7) is 2.36. The highest BCUT2D eigenvalue weighted by Gasteiger charge is 2.43. The highest BCUT2D eigenvalue weighted by Crippen LogP contribution is 2.30. The molecule has 1 saturated heterocycles. The molecule has 6 nitrogen and oxygen atoms in total. The van der Waals surface area contributed by atoms with E-state index in [2.05, 4.69) is 6.92 Å². The van der Waals surface area contributed by atoms with Crippen molar-refractivity contribution in [2.75, 3.05) is 13.1 Å². The first-order valence-corrected chi connectivity index (χ1v) is 8.35. The van der Waals surface area contributed by atoms with Crippen LogP contribution in [0.5, 0.6) is 0 Å². The molecule has 1 heterocycles. The fraction of sp³-hybridized carbons (Fsp3) is 0.500. The third-order valence-electron chi connectivity index (χ3n) is 4.50. The molecule has 0 aromatic heterocycles. The number of hydrogen-bond acceptors (Lipinski definition) is 4. The molecule has 0 aliphatic carbocycles. The predicted molar refractivity (Wildman–Crippen MR) is 87.9 cm³/mol. The fourth-order valence-corrected chi connectivity index (χ4v) is 3.17. The van der Waals surface area contributed by atoms with Gasteiger partial charge in [-0.25, -0.2) is 5.06 Å². The number of carbonyl (C=O) groups is 3. The van der Waals surface area contributed by atoms with Crippen molar-refractivity contribution in [2.24, 2.45) is 11.8 Å². The second-order valence-electron chi connectivity index (χ2n) is 6.24. The zero-order chi connectivity index (χ0) is 17.5. The Labute approximate surface area is 142 Å². The van der Waals surface area contributed by atoms with E-state index in [0.717, 1.165) is 24.8 Å². The Hall–Kier alpha value is -2.21. The van der Waals surface area contributed by atoms with Crippen LogP contribution in [0.3, 0.4) is 0 Å². The molecule has 1 aliphatic heterocycles. The van der Waals surface area contributed by atoms with Gasteiger partial charge in [0.05, 0.1) is 18.9 Å². The van der Waals surface area contributed by atoms with Crippen molar-refractivity contribution in [1.29, 1.82) is 0 Å². The Morgan fingerprint density at radius 2 is 2.08 bits per heavy atom. The van der Waals surface area contributed by atoms with E-state index in [1.165, 1.54) is 4.90 Å². The van der Waals surface area contributed by atoms with E-state index in [1.807, 2.05) is 30.3 Å². The minimum absolute atomic E-state index is 0.0215. The maximum atomic E-state index is 12.6. The topological polar surface area (TPSA) is 77.9 Å². The van der Waals surface area contributed by atoms with Crippen LogP contribution < -0.4 is 0 Å². The van der Waals surface area contributed by atoms with E-state index < -0.39 is 5.92 Å². The van der Waals surface area contributed by atoms with Gasteiger partial charge in [0.15, 0.2) is 0 Å². The Kier molecular flexibility index (Phi) is 6.49. The zero-order valence-corrected chi connectivity index (χ0v) is 13.9. The Morgan fingerprint density at radius 3 is 2.71 bits per heavy atom. The monoisotopic (exact) mass is 332 g/mol. The van der Waals surface area contributed by atoms with E-state index in [4.69, 9.17) is 0 Å². The van der Waals surface area contributed by atoms with Gasteiger partial charge in [0, 0.05) is 6.54 Å². The van der Waals surface area contributed by atoms with Crippen LogP contribution in [0.25, 0.3) is 0 Å². The van der Waals surface area contributed by atoms with Crippen LogP contribution >= 0.6 is 0 Å². The van der Waals surface area contributed by atoms with Gasteiger partial charge < -0.3 is 0 Å². The second-order valence-corrected chi connectivity index (χ2v) is 6.24. The van der Waals surface area contributed by atoms with Crippen LogP contribution in [0.1, 0.15) is 31.7 Å². The normalized spacial score (nSPS) is 20.2. The number of unbranched alkanes of at least 4 members (excludes halogenated alkanes) is 1. The maximum absolute atomic E-state index is 12.6. The van der Waals surface area contributed by atoms with Crippen LogP contribution in [0.15, 0.2) is 30.3 Å². The summed E-state index contributed by atoms with van der Waals surface area (Å²) < 4.78 is 0. The average Bonchev–Trinajstić information content (AvgIpc) is 2.90. The molecule has 2 rings (SSSR count). The summed E-state index contributed by atoms with van der Waals surface area (Å²) in [6.07, 6.45) is 3.21. The molecule has 0 radical (unpaired) electrons. The molecule has 0 spiro atoms. The average molecular weight is 332 g/mol. The minimum atomic E-state index is -0.522. The maximum Gasteiger partial charge on any atom is 0.234 e. The molecule has 3 amide bonds. The van der Waals surface area contributed by atoms with Crippen molar-refractivity contribution in [3.8, 4) is 0 Å². The molecule has 2 atom stereocenters. The van der Waals surface area contributed by atoms with Gasteiger partial charge in [-0.05, 0) is 17.9 Å². The number of imide groups is 1. The van der Waals surface area contributed by atoms with Crippen molar-refractivity contribution in [3.63, 3.8) is 0 Å². The molecular weight excluding hydrogens is 308 g/mol. The first-order valence-electron chi connectivity index (χ1n) is 8.35. The van der Waals surface area contributed by atoms with Gasteiger partial charge in [-0.1, -0.05) is 50.1 Å². The molecule has 2 unspecified atom stereocenters. The standard InChI is InChI=1S/C18H24N2O4/c1-2-3-9-15-11-20(18(23)16(15)12-19(24)13-21)17(22)10-14-7-5-4-6-8-14/h4-8,13,15-16,24H,2-3,9-12H2,1H3. The Balaban J connectivity index is 2.08. The molecule has 1 aromatic rings. The predicted octanol–water partition coefficient (Wildman–Crippen LogP) is 1.87. The number of rotatable bonds is 8. The summed E-state index contributed by atoms with van der Waals surface area (Å²) in [4.78, 5) is 37.1. The van der Waals surface area contributed by atoms with Gasteiger partial charge in [-0.2, -0.15) is 0 Å². The molecular formula is C18H24N2O4. The molecule has 6 heteroatoms. The number of hydrogen-bond donors (Lipinski definition) is 1. The highest BCUT2D eigenvalue weighted by molar-refractivity contribution is 5.99. The smallest absolute Gasteiger partial charge is 0.234 e. The lowest BCUT2D eigenvalue weighted by atomic mass is 9.90. The van der Waals surface area contributed by atoms with Gasteiger partial charge in [-0.15, -0.1) is 0 Å². The van der Waals surface area contributed by atoms with E-state index >= 15 is 0 Å². The lowest BCUT2D eigenvalue weighted by Crippen LogP contribution is -2.37. The van der Waals surface area contributed by atoms with E-state index in [0.29, 0.717) is 18.0 Å². The van der Waals surface area contributed by atoms with Crippen molar-refractivity contribution < 1.29 is 19.6 Å². The molecule has 1 fully saturated rings. The van der Waals surface area contributed by atoms with Crippen molar-refractivity contribution in [2.45, 2.75) is 32.6 Å². The molecule has 1 aromatic carbocycles. The molecule has 1 N–H and O–H groups in total. The van der Waals surface area contributed by atoms with E-state index in [1.54, 1.807) is 0 Å². The molecule has 24 heavy (non-hydrogen) atoms. The summed E-state index contributed by atoms with van der Waals surface area (Å²) in [6, 6.07) is 9.30. The minimum Gasteiger partial charge on any atom is -0.286 e. The summed E-state index contributed by atoms with van der Waals surface area (Å²) in [5, 5.41) is 9.94. The SMILES string of the molecule is CCCCC1CN(C(=O)Cc2ccccc2)C(=O)C1CN(O)C=O. The summed E-state index contributed by atoms with van der Waals surface area (Å²) >= 11 is 0. The number of benzene rings is 1. The van der Waals surface area contributed by atoms with Crippen molar-refractivity contribution in [1.82, 2.24) is 9.96 Å². The Bertz CT molecular complexity index is 576.